The summed E-state index contributed by atoms with van der Waals surface area (Å²) in [7, 11) is 0. The van der Waals surface area contributed by atoms with Crippen LogP contribution in [0.5, 0.6) is 0 Å². The van der Waals surface area contributed by atoms with E-state index in [-0.39, 0.29) is 17.8 Å². The molecule has 2 atom stereocenters. The van der Waals surface area contributed by atoms with Gasteiger partial charge in [0, 0.05) is 13.1 Å². The molecule has 5 nitrogen and oxygen atoms in total. The zero-order valence-corrected chi connectivity index (χ0v) is 19.2. The number of aliphatic hydroxyl groups excluding tert-OH is 1. The summed E-state index contributed by atoms with van der Waals surface area (Å²) in [6, 6.07) is 22.5. The van der Waals surface area contributed by atoms with Crippen LogP contribution in [0.25, 0.3) is 0 Å². The van der Waals surface area contributed by atoms with Gasteiger partial charge in [-0.1, -0.05) is 60.7 Å². The topological polar surface area (TPSA) is 56.7 Å². The molecule has 2 aromatic carbocycles. The first-order valence-electron chi connectivity index (χ1n) is 11.9. The summed E-state index contributed by atoms with van der Waals surface area (Å²) in [5.74, 6) is -0.185. The van der Waals surface area contributed by atoms with Crippen molar-refractivity contribution in [3.8, 4) is 0 Å². The molecule has 0 aliphatic carbocycles. The second-order valence-corrected chi connectivity index (χ2v) is 9.57. The molecule has 2 saturated heterocycles. The van der Waals surface area contributed by atoms with Crippen molar-refractivity contribution in [2.24, 2.45) is 5.41 Å². The van der Waals surface area contributed by atoms with Crippen molar-refractivity contribution in [3.05, 3.63) is 102 Å². The third kappa shape index (κ3) is 4.61. The zero-order chi connectivity index (χ0) is 23.5. The summed E-state index contributed by atoms with van der Waals surface area (Å²) < 4.78 is 13.2. The van der Waals surface area contributed by atoms with Gasteiger partial charge in [0.2, 0.25) is 5.91 Å². The lowest BCUT2D eigenvalue weighted by molar-refractivity contribution is -0.140. The van der Waals surface area contributed by atoms with E-state index < -0.39 is 11.5 Å². The van der Waals surface area contributed by atoms with Crippen LogP contribution in [0.4, 0.5) is 4.39 Å². The Bertz CT molecular complexity index is 1100. The number of nitrogens with zero attached hydrogens (tertiary/aromatic N) is 3. The van der Waals surface area contributed by atoms with E-state index in [2.05, 4.69) is 9.88 Å². The second-order valence-electron chi connectivity index (χ2n) is 9.57. The molecule has 176 valence electrons. The minimum absolute atomic E-state index is 0.149. The molecule has 6 heteroatoms. The van der Waals surface area contributed by atoms with Gasteiger partial charge in [0.25, 0.3) is 0 Å². The zero-order valence-electron chi connectivity index (χ0n) is 19.2. The Hall–Kier alpha value is -3.09. The number of likely N-dealkylation sites (tertiary alicyclic amines) is 2. The van der Waals surface area contributed by atoms with Crippen LogP contribution in [0.15, 0.2) is 79.0 Å². The minimum atomic E-state index is -0.727. The molecular weight excluding hydrogens is 429 g/mol. The third-order valence-electron chi connectivity index (χ3n) is 7.40. The van der Waals surface area contributed by atoms with E-state index in [1.165, 1.54) is 12.3 Å². The number of piperidine rings is 1. The van der Waals surface area contributed by atoms with E-state index in [4.69, 9.17) is 0 Å². The van der Waals surface area contributed by atoms with Crippen LogP contribution in [0.2, 0.25) is 0 Å². The fraction of sp³-hybridized carbons (Fsp3) is 0.357. The Kier molecular flexibility index (Phi) is 6.44. The normalized spacial score (nSPS) is 21.2. The van der Waals surface area contributed by atoms with Gasteiger partial charge in [-0.2, -0.15) is 0 Å². The molecule has 3 aromatic rings. The number of amides is 1. The van der Waals surface area contributed by atoms with E-state index in [1.54, 1.807) is 6.07 Å². The molecule has 1 aromatic heterocycles. The van der Waals surface area contributed by atoms with E-state index in [0.29, 0.717) is 19.5 Å². The van der Waals surface area contributed by atoms with Gasteiger partial charge in [0.15, 0.2) is 0 Å². The van der Waals surface area contributed by atoms with Crippen molar-refractivity contribution in [2.45, 2.75) is 44.5 Å². The smallest absolute Gasteiger partial charge is 0.229 e. The SMILES string of the molecule is O=C1N(Cc2ccccc2)[C@H]([C@H](O)c2ccccc2)CC12CCN(Cc1ccc(F)cn1)CC2. The van der Waals surface area contributed by atoms with Gasteiger partial charge in [0.1, 0.15) is 5.82 Å². The van der Waals surface area contributed by atoms with Gasteiger partial charge in [0.05, 0.1) is 29.5 Å². The molecule has 0 bridgehead atoms. The molecule has 34 heavy (non-hydrogen) atoms. The van der Waals surface area contributed by atoms with E-state index in [9.17, 15) is 14.3 Å². The summed E-state index contributed by atoms with van der Waals surface area (Å²) in [4.78, 5) is 22.2. The van der Waals surface area contributed by atoms with Gasteiger partial charge in [-0.3, -0.25) is 14.7 Å². The van der Waals surface area contributed by atoms with Crippen LogP contribution in [0, 0.1) is 11.2 Å². The maximum Gasteiger partial charge on any atom is 0.229 e. The lowest BCUT2D eigenvalue weighted by Gasteiger charge is -2.37. The van der Waals surface area contributed by atoms with Gasteiger partial charge in [-0.15, -0.1) is 0 Å². The Morgan fingerprint density at radius 2 is 1.65 bits per heavy atom. The highest BCUT2D eigenvalue weighted by Gasteiger charge is 2.54. The molecule has 5 rings (SSSR count). The molecular formula is C28H30FN3O2. The predicted octanol–water partition coefficient (Wildman–Crippen LogP) is 4.34. The van der Waals surface area contributed by atoms with Gasteiger partial charge >= 0.3 is 0 Å². The molecule has 2 fully saturated rings. The van der Waals surface area contributed by atoms with Crippen LogP contribution in [-0.2, 0) is 17.9 Å². The van der Waals surface area contributed by atoms with Gasteiger partial charge < -0.3 is 10.0 Å². The average Bonchev–Trinajstić information content (AvgIpc) is 3.14. The standard InChI is InChI=1S/C28H30FN3O2/c29-23-11-12-24(30-18-23)20-31-15-13-28(14-16-31)17-25(26(33)22-9-5-2-6-10-22)32(27(28)34)19-21-7-3-1-4-8-21/h1-12,18,25-26,33H,13-17,19-20H2/t25-,26+/m0/s1. The number of carbonyl (C=O) groups is 1. The Labute approximate surface area is 199 Å². The third-order valence-corrected chi connectivity index (χ3v) is 7.40. The number of rotatable bonds is 6. The van der Waals surface area contributed by atoms with Crippen LogP contribution >= 0.6 is 0 Å². The molecule has 1 amide bonds. The van der Waals surface area contributed by atoms with Gasteiger partial charge in [-0.05, 0) is 55.6 Å². The lowest BCUT2D eigenvalue weighted by Crippen LogP contribution is -2.44. The largest absolute Gasteiger partial charge is 0.386 e. The highest BCUT2D eigenvalue weighted by Crippen LogP contribution is 2.48. The molecule has 0 radical (unpaired) electrons. The average molecular weight is 460 g/mol. The van der Waals surface area contributed by atoms with E-state index in [0.717, 1.165) is 42.8 Å². The number of carbonyl (C=O) groups excluding carboxylic acids is 1. The van der Waals surface area contributed by atoms with Crippen LogP contribution in [0.3, 0.4) is 0 Å². The fourth-order valence-corrected chi connectivity index (χ4v) is 5.46. The van der Waals surface area contributed by atoms with Crippen molar-refractivity contribution < 1.29 is 14.3 Å². The quantitative estimate of drug-likeness (QED) is 0.596. The lowest BCUT2D eigenvalue weighted by atomic mass is 9.75. The van der Waals surface area contributed by atoms with Gasteiger partial charge in [-0.25, -0.2) is 4.39 Å². The molecule has 0 saturated carbocycles. The Balaban J connectivity index is 1.34. The number of aliphatic hydroxyl groups is 1. The molecule has 2 aliphatic heterocycles. The van der Waals surface area contributed by atoms with Crippen molar-refractivity contribution in [1.29, 1.82) is 0 Å². The van der Waals surface area contributed by atoms with E-state index in [1.807, 2.05) is 65.6 Å². The van der Waals surface area contributed by atoms with Crippen LogP contribution < -0.4 is 0 Å². The van der Waals surface area contributed by atoms with Crippen molar-refractivity contribution in [3.63, 3.8) is 0 Å². The van der Waals surface area contributed by atoms with Crippen LogP contribution in [-0.4, -0.2) is 44.9 Å². The molecule has 1 N–H and O–H groups in total. The number of hydrogen-bond acceptors (Lipinski definition) is 4. The van der Waals surface area contributed by atoms with Crippen molar-refractivity contribution in [1.82, 2.24) is 14.8 Å². The summed E-state index contributed by atoms with van der Waals surface area (Å²) >= 11 is 0. The van der Waals surface area contributed by atoms with Crippen LogP contribution in [0.1, 0.15) is 42.2 Å². The summed E-state index contributed by atoms with van der Waals surface area (Å²) in [5, 5.41) is 11.3. The number of benzene rings is 2. The highest BCUT2D eigenvalue weighted by atomic mass is 19.1. The number of pyridine rings is 1. The summed E-state index contributed by atoms with van der Waals surface area (Å²) in [5.41, 5.74) is 2.29. The molecule has 3 heterocycles. The first-order valence-corrected chi connectivity index (χ1v) is 11.9. The fourth-order valence-electron chi connectivity index (χ4n) is 5.46. The van der Waals surface area contributed by atoms with Crippen molar-refractivity contribution >= 4 is 5.91 Å². The molecule has 2 aliphatic rings. The molecule has 0 unspecified atom stereocenters. The monoisotopic (exact) mass is 459 g/mol. The first-order chi connectivity index (χ1) is 16.5. The number of hydrogen-bond donors (Lipinski definition) is 1. The molecule has 1 spiro atoms. The minimum Gasteiger partial charge on any atom is -0.386 e. The Morgan fingerprint density at radius 3 is 2.29 bits per heavy atom. The number of halogens is 1. The highest BCUT2D eigenvalue weighted by molar-refractivity contribution is 5.85. The summed E-state index contributed by atoms with van der Waals surface area (Å²) in [6.07, 6.45) is 2.66. The maximum absolute atomic E-state index is 13.9. The number of aromatic nitrogens is 1. The van der Waals surface area contributed by atoms with E-state index >= 15 is 0 Å². The predicted molar refractivity (Wildman–Crippen MR) is 128 cm³/mol. The first kappa shape index (κ1) is 22.7. The second kappa shape index (κ2) is 9.65. The summed E-state index contributed by atoms with van der Waals surface area (Å²) in [6.45, 7) is 2.70. The maximum atomic E-state index is 13.9. The van der Waals surface area contributed by atoms with Crippen molar-refractivity contribution in [2.75, 3.05) is 13.1 Å². The Morgan fingerprint density at radius 1 is 0.971 bits per heavy atom.